The van der Waals surface area contributed by atoms with Gasteiger partial charge in [-0.1, -0.05) is 40.9 Å². The van der Waals surface area contributed by atoms with Crippen LogP contribution in [-0.2, 0) is 4.79 Å². The maximum absolute atomic E-state index is 10.0. The molecule has 0 N–H and O–H groups in total. The van der Waals surface area contributed by atoms with Crippen molar-refractivity contribution in [2.45, 2.75) is 50.2 Å². The second-order valence-corrected chi connectivity index (χ2v) is 6.27. The van der Waals surface area contributed by atoms with Gasteiger partial charge in [-0.15, -0.1) is 0 Å². The zero-order chi connectivity index (χ0) is 9.36. The van der Waals surface area contributed by atoms with Gasteiger partial charge in [0.2, 0.25) is 0 Å². The molecule has 1 nitrogen and oxygen atoms in total. The van der Waals surface area contributed by atoms with Crippen LogP contribution in [0.4, 0.5) is 0 Å². The highest BCUT2D eigenvalue weighted by Crippen LogP contribution is 2.39. The lowest BCUT2D eigenvalue weighted by Crippen LogP contribution is -1.96. The van der Waals surface area contributed by atoms with E-state index in [1.54, 1.807) is 0 Å². The van der Waals surface area contributed by atoms with E-state index in [4.69, 9.17) is 0 Å². The first-order valence-electron chi connectivity index (χ1n) is 5.15. The van der Waals surface area contributed by atoms with E-state index in [-0.39, 0.29) is 0 Å². The number of unbranched alkanes of at least 4 members (excludes halogenated alkanes) is 4. The summed E-state index contributed by atoms with van der Waals surface area (Å²) >= 11 is 0. The zero-order valence-corrected chi connectivity index (χ0v) is 9.67. The molecule has 0 aromatic carbocycles. The summed E-state index contributed by atoms with van der Waals surface area (Å²) < 4.78 is 0. The predicted molar refractivity (Wildman–Crippen MR) is 62.2 cm³/mol. The summed E-state index contributed by atoms with van der Waals surface area (Å²) in [5.74, 6) is 1.35. The molecule has 1 rings (SSSR count). The van der Waals surface area contributed by atoms with Crippen molar-refractivity contribution in [3.05, 3.63) is 0 Å². The van der Waals surface area contributed by atoms with Gasteiger partial charge < -0.3 is 4.79 Å². The molecule has 3 heteroatoms. The molecule has 0 aromatic heterocycles. The molecule has 1 aliphatic heterocycles. The zero-order valence-electron chi connectivity index (χ0n) is 8.04. The van der Waals surface area contributed by atoms with Gasteiger partial charge in [-0.25, -0.2) is 0 Å². The van der Waals surface area contributed by atoms with Crippen molar-refractivity contribution in [2.75, 3.05) is 5.75 Å². The van der Waals surface area contributed by atoms with Crippen LogP contribution < -0.4 is 0 Å². The number of rotatable bonds is 7. The SMILES string of the molecule is O=CCCCCCCC1CCSS1. The molecule has 13 heavy (non-hydrogen) atoms. The maximum Gasteiger partial charge on any atom is 0.119 e. The first-order chi connectivity index (χ1) is 6.43. The van der Waals surface area contributed by atoms with Gasteiger partial charge in [-0.05, 0) is 19.3 Å². The molecule has 1 saturated heterocycles. The highest BCUT2D eigenvalue weighted by molar-refractivity contribution is 8.77. The largest absolute Gasteiger partial charge is 0.303 e. The van der Waals surface area contributed by atoms with Crippen molar-refractivity contribution in [3.63, 3.8) is 0 Å². The summed E-state index contributed by atoms with van der Waals surface area (Å²) in [5, 5.41) is 0.927. The molecule has 0 bridgehead atoms. The van der Waals surface area contributed by atoms with Crippen LogP contribution in [0.3, 0.4) is 0 Å². The fourth-order valence-electron chi connectivity index (χ4n) is 1.52. The van der Waals surface area contributed by atoms with Crippen molar-refractivity contribution in [1.29, 1.82) is 0 Å². The Morgan fingerprint density at radius 1 is 1.23 bits per heavy atom. The molecule has 1 heterocycles. The third kappa shape index (κ3) is 5.63. The van der Waals surface area contributed by atoms with E-state index >= 15 is 0 Å². The van der Waals surface area contributed by atoms with E-state index < -0.39 is 0 Å². The smallest absolute Gasteiger partial charge is 0.119 e. The van der Waals surface area contributed by atoms with Crippen molar-refractivity contribution in [3.8, 4) is 0 Å². The van der Waals surface area contributed by atoms with Gasteiger partial charge in [-0.2, -0.15) is 0 Å². The molecule has 0 saturated carbocycles. The van der Waals surface area contributed by atoms with Crippen LogP contribution in [0.25, 0.3) is 0 Å². The Kier molecular flexibility index (Phi) is 6.82. The van der Waals surface area contributed by atoms with Crippen LogP contribution >= 0.6 is 21.6 Å². The van der Waals surface area contributed by atoms with Gasteiger partial charge in [0.25, 0.3) is 0 Å². The van der Waals surface area contributed by atoms with Crippen LogP contribution in [0.15, 0.2) is 0 Å². The summed E-state index contributed by atoms with van der Waals surface area (Å²) in [6.07, 6.45) is 9.59. The van der Waals surface area contributed by atoms with Crippen molar-refractivity contribution < 1.29 is 4.79 Å². The molecule has 0 spiro atoms. The van der Waals surface area contributed by atoms with Gasteiger partial charge >= 0.3 is 0 Å². The third-order valence-corrected chi connectivity index (χ3v) is 5.33. The van der Waals surface area contributed by atoms with Crippen LogP contribution in [0, 0.1) is 0 Å². The number of carbonyl (C=O) groups excluding carboxylic acids is 1. The summed E-state index contributed by atoms with van der Waals surface area (Å²) in [5.41, 5.74) is 0. The quantitative estimate of drug-likeness (QED) is 0.368. The monoisotopic (exact) mass is 218 g/mol. The normalized spacial score (nSPS) is 22.0. The molecule has 1 atom stereocenters. The summed E-state index contributed by atoms with van der Waals surface area (Å²) in [6.45, 7) is 0. The van der Waals surface area contributed by atoms with Crippen molar-refractivity contribution in [1.82, 2.24) is 0 Å². The molecule has 0 radical (unpaired) electrons. The second-order valence-electron chi connectivity index (χ2n) is 3.49. The van der Waals surface area contributed by atoms with E-state index in [2.05, 4.69) is 10.8 Å². The molecule has 1 fully saturated rings. The molecule has 1 aliphatic rings. The minimum Gasteiger partial charge on any atom is -0.303 e. The van der Waals surface area contributed by atoms with E-state index in [9.17, 15) is 4.79 Å². The highest BCUT2D eigenvalue weighted by Gasteiger charge is 2.15. The second kappa shape index (κ2) is 7.74. The van der Waals surface area contributed by atoms with Crippen LogP contribution in [0.5, 0.6) is 0 Å². The number of aldehydes is 1. The Balaban J connectivity index is 1.80. The van der Waals surface area contributed by atoms with Crippen LogP contribution in [0.2, 0.25) is 0 Å². The Labute approximate surface area is 88.8 Å². The summed E-state index contributed by atoms with van der Waals surface area (Å²) in [4.78, 5) is 10.0. The molecule has 1 unspecified atom stereocenters. The lowest BCUT2D eigenvalue weighted by Gasteiger charge is -2.05. The van der Waals surface area contributed by atoms with E-state index in [0.717, 1.165) is 24.4 Å². The Bertz CT molecular complexity index is 133. The molecule has 0 aromatic rings. The molecule has 0 amide bonds. The van der Waals surface area contributed by atoms with Gasteiger partial charge in [-0.3, -0.25) is 0 Å². The minimum absolute atomic E-state index is 0.758. The van der Waals surface area contributed by atoms with Gasteiger partial charge in [0.1, 0.15) is 6.29 Å². The average molecular weight is 218 g/mol. The lowest BCUT2D eigenvalue weighted by molar-refractivity contribution is -0.107. The topological polar surface area (TPSA) is 17.1 Å². The Morgan fingerprint density at radius 2 is 2.08 bits per heavy atom. The fourth-order valence-corrected chi connectivity index (χ4v) is 4.55. The standard InChI is InChI=1S/C10H18OS2/c11-8-5-3-1-2-4-6-10-7-9-12-13-10/h8,10H,1-7,9H2. The van der Waals surface area contributed by atoms with Gasteiger partial charge in [0.05, 0.1) is 0 Å². The maximum atomic E-state index is 10.0. The van der Waals surface area contributed by atoms with Crippen molar-refractivity contribution >= 4 is 27.9 Å². The lowest BCUT2D eigenvalue weighted by atomic mass is 10.1. The van der Waals surface area contributed by atoms with Crippen LogP contribution in [-0.4, -0.2) is 17.3 Å². The summed E-state index contributed by atoms with van der Waals surface area (Å²) in [7, 11) is 4.10. The highest BCUT2D eigenvalue weighted by atomic mass is 33.1. The first-order valence-corrected chi connectivity index (χ1v) is 7.53. The number of hydrogen-bond acceptors (Lipinski definition) is 3. The average Bonchev–Trinajstić information content (AvgIpc) is 2.63. The molecule has 76 valence electrons. The Hall–Kier alpha value is 0.370. The summed E-state index contributed by atoms with van der Waals surface area (Å²) in [6, 6.07) is 0. The van der Waals surface area contributed by atoms with E-state index in [0.29, 0.717) is 0 Å². The van der Waals surface area contributed by atoms with Gasteiger partial charge in [0.15, 0.2) is 0 Å². The Morgan fingerprint density at radius 3 is 2.77 bits per heavy atom. The van der Waals surface area contributed by atoms with Crippen molar-refractivity contribution in [2.24, 2.45) is 0 Å². The van der Waals surface area contributed by atoms with Gasteiger partial charge in [0, 0.05) is 17.4 Å². The predicted octanol–water partition coefficient (Wildman–Crippen LogP) is 3.68. The third-order valence-electron chi connectivity index (χ3n) is 2.33. The number of hydrogen-bond donors (Lipinski definition) is 0. The minimum atomic E-state index is 0.758. The van der Waals surface area contributed by atoms with E-state index in [1.807, 2.05) is 10.8 Å². The molecular weight excluding hydrogens is 200 g/mol. The molecular formula is C10H18OS2. The number of carbonyl (C=O) groups is 1. The first kappa shape index (κ1) is 11.4. The molecule has 0 aliphatic carbocycles. The van der Waals surface area contributed by atoms with E-state index in [1.165, 1.54) is 37.9 Å². The van der Waals surface area contributed by atoms with Crippen LogP contribution in [0.1, 0.15) is 44.9 Å². The fraction of sp³-hybridized carbons (Fsp3) is 0.900.